The van der Waals surface area contributed by atoms with Gasteiger partial charge >= 0.3 is 0 Å². The zero-order chi connectivity index (χ0) is 20.6. The van der Waals surface area contributed by atoms with Gasteiger partial charge in [0.2, 0.25) is 0 Å². The van der Waals surface area contributed by atoms with Gasteiger partial charge in [-0.3, -0.25) is 0 Å². The first-order chi connectivity index (χ1) is 14.2. The van der Waals surface area contributed by atoms with E-state index in [9.17, 15) is 0 Å². The summed E-state index contributed by atoms with van der Waals surface area (Å²) in [6, 6.07) is 6.41. The number of guanidine groups is 1. The van der Waals surface area contributed by atoms with Crippen molar-refractivity contribution in [2.45, 2.75) is 39.8 Å². The van der Waals surface area contributed by atoms with Crippen LogP contribution in [-0.4, -0.2) is 53.8 Å². The fourth-order valence-corrected chi connectivity index (χ4v) is 3.77. The lowest BCUT2D eigenvalue weighted by molar-refractivity contribution is 0.189. The molecular weight excluding hydrogens is 366 g/mol. The molecule has 158 valence electrons. The van der Waals surface area contributed by atoms with Crippen molar-refractivity contribution in [1.82, 2.24) is 19.8 Å². The normalized spacial score (nSPS) is 19.9. The summed E-state index contributed by atoms with van der Waals surface area (Å²) < 4.78 is 13.3. The number of imidazole rings is 1. The van der Waals surface area contributed by atoms with Gasteiger partial charge in [-0.25, -0.2) is 9.98 Å². The lowest BCUT2D eigenvalue weighted by Crippen LogP contribution is -2.49. The third-order valence-corrected chi connectivity index (χ3v) is 5.40. The standard InChI is InChI=1S/C22H33N5O2/c1-5-24-22(25-14-18-7-8-20(28-4)21(13-18)29-6-2)26-11-9-17(3)19(15-26)27-12-10-23-16-27/h7-8,10,12-13,16-17,19H,5-6,9,11,14-15H2,1-4H3,(H,24,25). The first-order valence-electron chi connectivity index (χ1n) is 10.5. The first-order valence-corrected chi connectivity index (χ1v) is 10.5. The molecule has 29 heavy (non-hydrogen) atoms. The van der Waals surface area contributed by atoms with Crippen molar-refractivity contribution in [3.05, 3.63) is 42.5 Å². The van der Waals surface area contributed by atoms with Crippen LogP contribution in [0, 0.1) is 5.92 Å². The van der Waals surface area contributed by atoms with Crippen LogP contribution in [0.1, 0.15) is 38.8 Å². The summed E-state index contributed by atoms with van der Waals surface area (Å²) in [5.74, 6) is 3.08. The summed E-state index contributed by atoms with van der Waals surface area (Å²) in [4.78, 5) is 11.5. The highest BCUT2D eigenvalue weighted by Crippen LogP contribution is 2.29. The van der Waals surface area contributed by atoms with Gasteiger partial charge in [-0.05, 0) is 43.9 Å². The van der Waals surface area contributed by atoms with Crippen LogP contribution in [-0.2, 0) is 6.54 Å². The van der Waals surface area contributed by atoms with Crippen LogP contribution >= 0.6 is 0 Å². The fraction of sp³-hybridized carbons (Fsp3) is 0.545. The zero-order valence-electron chi connectivity index (χ0n) is 18.0. The van der Waals surface area contributed by atoms with Gasteiger partial charge in [-0.2, -0.15) is 0 Å². The molecule has 0 amide bonds. The molecule has 2 heterocycles. The van der Waals surface area contributed by atoms with Crippen molar-refractivity contribution >= 4 is 5.96 Å². The van der Waals surface area contributed by atoms with Crippen LogP contribution in [0.3, 0.4) is 0 Å². The number of hydrogen-bond acceptors (Lipinski definition) is 4. The molecule has 1 aliphatic heterocycles. The summed E-state index contributed by atoms with van der Waals surface area (Å²) in [7, 11) is 1.66. The fourth-order valence-electron chi connectivity index (χ4n) is 3.77. The average Bonchev–Trinajstić information content (AvgIpc) is 3.27. The van der Waals surface area contributed by atoms with E-state index in [1.54, 1.807) is 7.11 Å². The van der Waals surface area contributed by atoms with Gasteiger partial charge in [0.25, 0.3) is 0 Å². The summed E-state index contributed by atoms with van der Waals surface area (Å²) in [5, 5.41) is 3.46. The van der Waals surface area contributed by atoms with E-state index < -0.39 is 0 Å². The predicted molar refractivity (Wildman–Crippen MR) is 116 cm³/mol. The van der Waals surface area contributed by atoms with Crippen molar-refractivity contribution in [3.8, 4) is 11.5 Å². The van der Waals surface area contributed by atoms with E-state index in [4.69, 9.17) is 14.5 Å². The van der Waals surface area contributed by atoms with Gasteiger partial charge in [-0.1, -0.05) is 13.0 Å². The SMILES string of the molecule is CCNC(=NCc1ccc(OC)c(OCC)c1)N1CCC(C)C(n2ccnc2)C1. The Morgan fingerprint density at radius 2 is 2.17 bits per heavy atom. The molecule has 1 N–H and O–H groups in total. The van der Waals surface area contributed by atoms with Crippen LogP contribution in [0.5, 0.6) is 11.5 Å². The molecule has 1 fully saturated rings. The Kier molecular flexibility index (Phi) is 7.38. The summed E-state index contributed by atoms with van der Waals surface area (Å²) in [6.07, 6.45) is 6.96. The lowest BCUT2D eigenvalue weighted by Gasteiger charge is -2.39. The molecule has 7 heteroatoms. The highest BCUT2D eigenvalue weighted by Gasteiger charge is 2.28. The van der Waals surface area contributed by atoms with Gasteiger partial charge in [0.05, 0.1) is 32.6 Å². The largest absolute Gasteiger partial charge is 0.493 e. The number of aliphatic imine (C=N–C) groups is 1. The van der Waals surface area contributed by atoms with Crippen molar-refractivity contribution in [2.75, 3.05) is 33.4 Å². The summed E-state index contributed by atoms with van der Waals surface area (Å²) in [5.41, 5.74) is 1.10. The highest BCUT2D eigenvalue weighted by molar-refractivity contribution is 5.80. The number of hydrogen-bond donors (Lipinski definition) is 1. The smallest absolute Gasteiger partial charge is 0.194 e. The molecule has 2 atom stereocenters. The van der Waals surface area contributed by atoms with Crippen molar-refractivity contribution in [1.29, 1.82) is 0 Å². The van der Waals surface area contributed by atoms with E-state index in [1.807, 2.05) is 37.6 Å². The molecule has 2 unspecified atom stereocenters. The minimum absolute atomic E-state index is 0.403. The van der Waals surface area contributed by atoms with E-state index in [0.717, 1.165) is 49.1 Å². The van der Waals surface area contributed by atoms with E-state index in [-0.39, 0.29) is 0 Å². The molecule has 1 aromatic heterocycles. The molecular formula is C22H33N5O2. The van der Waals surface area contributed by atoms with Crippen molar-refractivity contribution < 1.29 is 9.47 Å². The molecule has 1 saturated heterocycles. The second-order valence-corrected chi connectivity index (χ2v) is 7.38. The maximum Gasteiger partial charge on any atom is 0.194 e. The predicted octanol–water partition coefficient (Wildman–Crippen LogP) is 3.34. The van der Waals surface area contributed by atoms with Crippen LogP contribution in [0.25, 0.3) is 0 Å². The molecule has 0 saturated carbocycles. The maximum atomic E-state index is 5.70. The van der Waals surface area contributed by atoms with Gasteiger partial charge in [0.1, 0.15) is 0 Å². The first kappa shape index (κ1) is 21.0. The average molecular weight is 400 g/mol. The Balaban J connectivity index is 1.75. The molecule has 1 aliphatic rings. The molecule has 0 radical (unpaired) electrons. The molecule has 0 aliphatic carbocycles. The quantitative estimate of drug-likeness (QED) is 0.571. The molecule has 0 spiro atoms. The number of likely N-dealkylation sites (tertiary alicyclic amines) is 1. The monoisotopic (exact) mass is 399 g/mol. The van der Waals surface area contributed by atoms with E-state index in [1.165, 1.54) is 0 Å². The lowest BCUT2D eigenvalue weighted by atomic mass is 9.93. The van der Waals surface area contributed by atoms with Crippen LogP contribution in [0.2, 0.25) is 0 Å². The van der Waals surface area contributed by atoms with E-state index >= 15 is 0 Å². The van der Waals surface area contributed by atoms with Crippen LogP contribution in [0.4, 0.5) is 0 Å². The van der Waals surface area contributed by atoms with E-state index in [0.29, 0.717) is 25.1 Å². The minimum Gasteiger partial charge on any atom is -0.493 e. The second kappa shape index (κ2) is 10.2. The number of rotatable bonds is 7. The number of ether oxygens (including phenoxy) is 2. The van der Waals surface area contributed by atoms with Gasteiger partial charge < -0.3 is 24.3 Å². The van der Waals surface area contributed by atoms with Gasteiger partial charge in [-0.15, -0.1) is 0 Å². The number of nitrogens with zero attached hydrogens (tertiary/aromatic N) is 4. The maximum absolute atomic E-state index is 5.70. The van der Waals surface area contributed by atoms with Crippen LogP contribution in [0.15, 0.2) is 41.9 Å². The molecule has 2 aromatic rings. The molecule has 1 aromatic carbocycles. The second-order valence-electron chi connectivity index (χ2n) is 7.38. The summed E-state index contributed by atoms with van der Waals surface area (Å²) in [6.45, 7) is 10.4. The van der Waals surface area contributed by atoms with Gasteiger partial charge in [0, 0.05) is 32.0 Å². The van der Waals surface area contributed by atoms with E-state index in [2.05, 4.69) is 39.8 Å². The number of benzene rings is 1. The Hall–Kier alpha value is -2.70. The Labute approximate surface area is 173 Å². The molecule has 3 rings (SSSR count). The Morgan fingerprint density at radius 1 is 1.31 bits per heavy atom. The number of piperidine rings is 1. The Bertz CT molecular complexity index is 791. The van der Waals surface area contributed by atoms with Crippen LogP contribution < -0.4 is 14.8 Å². The van der Waals surface area contributed by atoms with Crippen molar-refractivity contribution in [3.63, 3.8) is 0 Å². The number of methoxy groups -OCH3 is 1. The number of nitrogens with one attached hydrogen (secondary N) is 1. The summed E-state index contributed by atoms with van der Waals surface area (Å²) >= 11 is 0. The van der Waals surface area contributed by atoms with Crippen molar-refractivity contribution in [2.24, 2.45) is 10.9 Å². The molecule has 0 bridgehead atoms. The van der Waals surface area contributed by atoms with Gasteiger partial charge in [0.15, 0.2) is 17.5 Å². The highest BCUT2D eigenvalue weighted by atomic mass is 16.5. The zero-order valence-corrected chi connectivity index (χ0v) is 18.0. The Morgan fingerprint density at radius 3 is 2.86 bits per heavy atom. The third kappa shape index (κ3) is 5.22. The molecule has 7 nitrogen and oxygen atoms in total. The number of aromatic nitrogens is 2. The minimum atomic E-state index is 0.403. The third-order valence-electron chi connectivity index (χ3n) is 5.40. The topological polar surface area (TPSA) is 63.9 Å².